The lowest BCUT2D eigenvalue weighted by atomic mass is 10.2. The number of nitrogens with zero attached hydrogens (tertiary/aromatic N) is 3. The maximum atomic E-state index is 12.7. The van der Waals surface area contributed by atoms with E-state index in [1.807, 2.05) is 0 Å². The van der Waals surface area contributed by atoms with E-state index in [1.165, 1.54) is 12.4 Å². The predicted octanol–water partition coefficient (Wildman–Crippen LogP) is 1.56. The van der Waals surface area contributed by atoms with Crippen molar-refractivity contribution in [3.05, 3.63) is 48.3 Å². The van der Waals surface area contributed by atoms with E-state index in [0.717, 1.165) is 3.97 Å². The van der Waals surface area contributed by atoms with E-state index in [1.54, 1.807) is 37.3 Å². The lowest BCUT2D eigenvalue weighted by Gasteiger charge is -2.09. The van der Waals surface area contributed by atoms with E-state index in [-0.39, 0.29) is 16.4 Å². The molecule has 1 aromatic carbocycles. The second-order valence-corrected chi connectivity index (χ2v) is 6.17. The number of hydrogen-bond donors (Lipinski definition) is 1. The summed E-state index contributed by atoms with van der Waals surface area (Å²) in [5, 5.41) is 0. The second kappa shape index (κ2) is 4.31. The Hall–Kier alpha value is -2.41. The maximum Gasteiger partial charge on any atom is 0.269 e. The Morgan fingerprint density at radius 1 is 1.20 bits per heavy atom. The molecule has 2 heterocycles. The van der Waals surface area contributed by atoms with Gasteiger partial charge in [-0.05, 0) is 24.6 Å². The number of nitrogens with two attached hydrogens (primary N) is 1. The Morgan fingerprint density at radius 2 is 1.95 bits per heavy atom. The van der Waals surface area contributed by atoms with Crippen LogP contribution in [0.3, 0.4) is 0 Å². The Labute approximate surface area is 115 Å². The average Bonchev–Trinajstić information content (AvgIpc) is 2.82. The molecule has 0 fully saturated rings. The highest BCUT2D eigenvalue weighted by Gasteiger charge is 2.21. The minimum Gasteiger partial charge on any atom is -0.382 e. The van der Waals surface area contributed by atoms with Crippen molar-refractivity contribution in [2.75, 3.05) is 5.73 Å². The van der Waals surface area contributed by atoms with Gasteiger partial charge in [-0.15, -0.1) is 0 Å². The summed E-state index contributed by atoms with van der Waals surface area (Å²) in [5.41, 5.74) is 6.94. The lowest BCUT2D eigenvalue weighted by molar-refractivity contribution is 0.588. The number of anilines is 1. The molecule has 102 valence electrons. The van der Waals surface area contributed by atoms with Gasteiger partial charge in [0, 0.05) is 6.20 Å². The zero-order chi connectivity index (χ0) is 14.3. The number of aryl methyl sites for hydroxylation is 1. The van der Waals surface area contributed by atoms with Gasteiger partial charge in [-0.25, -0.2) is 22.4 Å². The Bertz CT molecular complexity index is 900. The van der Waals surface area contributed by atoms with Gasteiger partial charge in [-0.1, -0.05) is 18.2 Å². The summed E-state index contributed by atoms with van der Waals surface area (Å²) < 4.78 is 26.5. The first-order chi connectivity index (χ1) is 9.50. The van der Waals surface area contributed by atoms with Crippen molar-refractivity contribution >= 4 is 27.0 Å². The summed E-state index contributed by atoms with van der Waals surface area (Å²) >= 11 is 0. The minimum absolute atomic E-state index is 0.246. The molecule has 0 aliphatic carbocycles. The summed E-state index contributed by atoms with van der Waals surface area (Å²) in [6.45, 7) is 1.75. The molecule has 3 rings (SSSR count). The van der Waals surface area contributed by atoms with E-state index >= 15 is 0 Å². The molecule has 0 atom stereocenters. The van der Waals surface area contributed by atoms with E-state index in [4.69, 9.17) is 5.73 Å². The van der Waals surface area contributed by atoms with Crippen LogP contribution < -0.4 is 5.73 Å². The Kier molecular flexibility index (Phi) is 2.72. The fourth-order valence-corrected chi connectivity index (χ4v) is 3.57. The molecule has 2 N–H and O–H groups in total. The van der Waals surface area contributed by atoms with Gasteiger partial charge in [0.15, 0.2) is 5.65 Å². The van der Waals surface area contributed by atoms with Gasteiger partial charge in [0.2, 0.25) is 0 Å². The number of fused-ring (bicyclic) bond motifs is 1. The first kappa shape index (κ1) is 12.6. The summed E-state index contributed by atoms with van der Waals surface area (Å²) in [6, 6.07) is 8.38. The number of benzene rings is 1. The van der Waals surface area contributed by atoms with E-state index in [9.17, 15) is 8.42 Å². The predicted molar refractivity (Wildman–Crippen MR) is 75.7 cm³/mol. The van der Waals surface area contributed by atoms with Crippen molar-refractivity contribution in [3.8, 4) is 0 Å². The molecule has 0 aliphatic heterocycles. The smallest absolute Gasteiger partial charge is 0.269 e. The van der Waals surface area contributed by atoms with Crippen LogP contribution in [0, 0.1) is 6.92 Å². The van der Waals surface area contributed by atoms with Crippen molar-refractivity contribution in [2.24, 2.45) is 0 Å². The molecule has 0 amide bonds. The molecule has 0 radical (unpaired) electrons. The lowest BCUT2D eigenvalue weighted by Crippen LogP contribution is -2.13. The van der Waals surface area contributed by atoms with E-state index in [2.05, 4.69) is 9.97 Å². The van der Waals surface area contributed by atoms with Crippen molar-refractivity contribution in [1.29, 1.82) is 0 Å². The molecule has 0 saturated carbocycles. The number of aromatic nitrogens is 3. The van der Waals surface area contributed by atoms with Gasteiger partial charge in [0.25, 0.3) is 10.0 Å². The molecule has 0 bridgehead atoms. The molecule has 6 nitrogen and oxygen atoms in total. The number of nitrogen functional groups attached to an aromatic ring is 1. The Balaban J connectivity index is 2.28. The van der Waals surface area contributed by atoms with Crippen LogP contribution in [0.1, 0.15) is 5.56 Å². The molecule has 0 saturated heterocycles. The highest BCUT2D eigenvalue weighted by molar-refractivity contribution is 7.90. The van der Waals surface area contributed by atoms with Crippen LogP contribution in [0.15, 0.2) is 47.6 Å². The normalized spacial score (nSPS) is 11.8. The monoisotopic (exact) mass is 288 g/mol. The Morgan fingerprint density at radius 3 is 2.70 bits per heavy atom. The van der Waals surface area contributed by atoms with Crippen LogP contribution in [0.4, 0.5) is 5.82 Å². The van der Waals surface area contributed by atoms with Crippen LogP contribution >= 0.6 is 0 Å². The largest absolute Gasteiger partial charge is 0.382 e. The zero-order valence-electron chi connectivity index (χ0n) is 10.7. The number of rotatable bonds is 2. The number of hydrogen-bond acceptors (Lipinski definition) is 5. The molecule has 20 heavy (non-hydrogen) atoms. The topological polar surface area (TPSA) is 90.9 Å². The quantitative estimate of drug-likeness (QED) is 0.772. The van der Waals surface area contributed by atoms with E-state index in [0.29, 0.717) is 11.1 Å². The average molecular weight is 288 g/mol. The SMILES string of the molecule is Cc1ccccc1S(=O)(=O)n1ccc2nc(N)cnc21. The van der Waals surface area contributed by atoms with Gasteiger partial charge in [0.1, 0.15) is 11.3 Å². The van der Waals surface area contributed by atoms with Gasteiger partial charge < -0.3 is 5.73 Å². The molecule has 0 spiro atoms. The van der Waals surface area contributed by atoms with Crippen LogP contribution in [0.2, 0.25) is 0 Å². The minimum atomic E-state index is -3.69. The maximum absolute atomic E-state index is 12.7. The fourth-order valence-electron chi connectivity index (χ4n) is 2.05. The van der Waals surface area contributed by atoms with Crippen LogP contribution in [0.5, 0.6) is 0 Å². The first-order valence-electron chi connectivity index (χ1n) is 5.91. The molecule has 7 heteroatoms. The zero-order valence-corrected chi connectivity index (χ0v) is 11.5. The van der Waals surface area contributed by atoms with Crippen LogP contribution in [-0.4, -0.2) is 22.4 Å². The highest BCUT2D eigenvalue weighted by atomic mass is 32.2. The second-order valence-electron chi connectivity index (χ2n) is 4.39. The summed E-state index contributed by atoms with van der Waals surface area (Å²) in [5.74, 6) is 0.253. The molecule has 2 aromatic heterocycles. The summed E-state index contributed by atoms with van der Waals surface area (Å²) in [4.78, 5) is 8.36. The van der Waals surface area contributed by atoms with Gasteiger partial charge >= 0.3 is 0 Å². The standard InChI is InChI=1S/C13H12N4O2S/c1-9-4-2-3-5-11(9)20(18,19)17-7-6-10-13(17)15-8-12(14)16-10/h2-8H,1H3,(H2,14,16). The van der Waals surface area contributed by atoms with E-state index < -0.39 is 10.0 Å². The van der Waals surface area contributed by atoms with Gasteiger partial charge in [-0.2, -0.15) is 0 Å². The first-order valence-corrected chi connectivity index (χ1v) is 7.35. The molecule has 0 unspecified atom stereocenters. The third-order valence-electron chi connectivity index (χ3n) is 3.00. The van der Waals surface area contributed by atoms with Crippen LogP contribution in [0.25, 0.3) is 11.2 Å². The van der Waals surface area contributed by atoms with Gasteiger partial charge in [-0.3, -0.25) is 0 Å². The third-order valence-corrected chi connectivity index (χ3v) is 4.83. The third kappa shape index (κ3) is 1.83. The van der Waals surface area contributed by atoms with Gasteiger partial charge in [0.05, 0.1) is 11.1 Å². The molecule has 3 aromatic rings. The summed E-state index contributed by atoms with van der Waals surface area (Å²) in [7, 11) is -3.69. The molecule has 0 aliphatic rings. The molecular formula is C13H12N4O2S. The summed E-state index contributed by atoms with van der Waals surface area (Å²) in [6.07, 6.45) is 2.78. The molecular weight excluding hydrogens is 276 g/mol. The fraction of sp³-hybridized carbons (Fsp3) is 0.0769. The highest BCUT2D eigenvalue weighted by Crippen LogP contribution is 2.22. The van der Waals surface area contributed by atoms with Crippen molar-refractivity contribution in [3.63, 3.8) is 0 Å². The van der Waals surface area contributed by atoms with Crippen molar-refractivity contribution < 1.29 is 8.42 Å². The van der Waals surface area contributed by atoms with Crippen molar-refractivity contribution in [1.82, 2.24) is 13.9 Å². The van der Waals surface area contributed by atoms with Crippen molar-refractivity contribution in [2.45, 2.75) is 11.8 Å². The van der Waals surface area contributed by atoms with Crippen LogP contribution in [-0.2, 0) is 10.0 Å².